The van der Waals surface area contributed by atoms with E-state index in [1.165, 1.54) is 12.8 Å². The summed E-state index contributed by atoms with van der Waals surface area (Å²) < 4.78 is 18.8. The van der Waals surface area contributed by atoms with Crippen LogP contribution in [0.4, 0.5) is 0 Å². The highest BCUT2D eigenvalue weighted by Crippen LogP contribution is 2.30. The smallest absolute Gasteiger partial charge is 0.162 e. The lowest BCUT2D eigenvalue weighted by atomic mass is 10.2. The minimum atomic E-state index is -0.288. The highest BCUT2D eigenvalue weighted by Gasteiger charge is 2.14. The van der Waals surface area contributed by atoms with E-state index in [0.717, 1.165) is 17.1 Å². The number of hydrogen-bond acceptors (Lipinski definition) is 4. The Bertz CT molecular complexity index is 756. The molecule has 0 radical (unpaired) electrons. The van der Waals surface area contributed by atoms with Crippen molar-refractivity contribution in [3.8, 4) is 17.2 Å². The average molecular weight is 419 g/mol. The summed E-state index contributed by atoms with van der Waals surface area (Å²) in [5.74, 6) is 1.86. The zero-order chi connectivity index (χ0) is 23.3. The molecule has 0 bridgehead atoms. The van der Waals surface area contributed by atoms with E-state index < -0.39 is 0 Å². The van der Waals surface area contributed by atoms with Crippen LogP contribution >= 0.6 is 0 Å². The van der Waals surface area contributed by atoms with Crippen molar-refractivity contribution in [3.63, 3.8) is 0 Å². The van der Waals surface area contributed by atoms with Crippen molar-refractivity contribution >= 4 is 0 Å². The molecule has 1 aromatic carbocycles. The predicted molar refractivity (Wildman–Crippen MR) is 127 cm³/mol. The second-order valence-corrected chi connectivity index (χ2v) is 7.72. The Labute approximate surface area is 184 Å². The Hall–Kier alpha value is -2.43. The highest BCUT2D eigenvalue weighted by atomic mass is 16.5. The summed E-state index contributed by atoms with van der Waals surface area (Å²) in [6.45, 7) is 22.4. The van der Waals surface area contributed by atoms with E-state index in [-0.39, 0.29) is 12.2 Å². The standard InChI is InChI=1S/C19H26N2O3.C4H10.C2H6/c1-13-10-14(2)21(20-13)16-8-9-17(18(11-16)22-7)23-12-15(3)24-19(4,5)6;1-3-4-2;1-2/h8-11H,3,12H2,1-2,4-7H3;3-4H2,1-2H3;1-2H3. The van der Waals surface area contributed by atoms with Gasteiger partial charge in [-0.3, -0.25) is 0 Å². The van der Waals surface area contributed by atoms with Crippen molar-refractivity contribution in [3.05, 3.63) is 48.0 Å². The lowest BCUT2D eigenvalue weighted by molar-refractivity contribution is 0.0371. The van der Waals surface area contributed by atoms with Crippen LogP contribution in [0.2, 0.25) is 0 Å². The first-order chi connectivity index (χ1) is 14.1. The van der Waals surface area contributed by atoms with Crippen LogP contribution < -0.4 is 9.47 Å². The van der Waals surface area contributed by atoms with Gasteiger partial charge in [0.2, 0.25) is 0 Å². The second kappa shape index (κ2) is 13.7. The molecule has 0 aliphatic heterocycles. The predicted octanol–water partition coefficient (Wildman–Crippen LogP) is 7.04. The number of methoxy groups -OCH3 is 1. The minimum absolute atomic E-state index is 0.271. The summed E-state index contributed by atoms with van der Waals surface area (Å²) in [7, 11) is 1.62. The highest BCUT2D eigenvalue weighted by molar-refractivity contribution is 5.49. The van der Waals surface area contributed by atoms with Crippen molar-refractivity contribution < 1.29 is 14.2 Å². The van der Waals surface area contributed by atoms with Gasteiger partial charge in [-0.1, -0.05) is 47.1 Å². The minimum Gasteiger partial charge on any atom is -0.493 e. The first-order valence-electron chi connectivity index (χ1n) is 10.8. The molecular weight excluding hydrogens is 376 g/mol. The lowest BCUT2D eigenvalue weighted by Gasteiger charge is -2.23. The Kier molecular flexibility index (Phi) is 12.6. The SMILES string of the molecule is C=C(COc1ccc(-n2nc(C)cc2C)cc1OC)OC(C)(C)C.CC.CCCC. The molecule has 0 fully saturated rings. The summed E-state index contributed by atoms with van der Waals surface area (Å²) in [6, 6.07) is 7.76. The van der Waals surface area contributed by atoms with E-state index in [2.05, 4.69) is 25.5 Å². The molecule has 30 heavy (non-hydrogen) atoms. The Morgan fingerprint density at radius 2 is 1.63 bits per heavy atom. The van der Waals surface area contributed by atoms with Crippen LogP contribution in [0, 0.1) is 13.8 Å². The Balaban J connectivity index is 0.00000125. The zero-order valence-electron chi connectivity index (χ0n) is 20.8. The van der Waals surface area contributed by atoms with Crippen molar-refractivity contribution in [1.29, 1.82) is 0 Å². The molecule has 0 aliphatic carbocycles. The van der Waals surface area contributed by atoms with Gasteiger partial charge in [0.1, 0.15) is 18.0 Å². The largest absolute Gasteiger partial charge is 0.493 e. The molecule has 5 heteroatoms. The maximum Gasteiger partial charge on any atom is 0.162 e. The molecule has 0 atom stereocenters. The second-order valence-electron chi connectivity index (χ2n) is 7.72. The molecule has 1 heterocycles. The molecule has 5 nitrogen and oxygen atoms in total. The van der Waals surface area contributed by atoms with E-state index in [0.29, 0.717) is 17.3 Å². The molecular formula is C25H42N2O3. The third-order valence-corrected chi connectivity index (χ3v) is 3.74. The Morgan fingerprint density at radius 1 is 1.03 bits per heavy atom. The maximum absolute atomic E-state index is 5.78. The lowest BCUT2D eigenvalue weighted by Crippen LogP contribution is -2.20. The zero-order valence-corrected chi connectivity index (χ0v) is 20.8. The van der Waals surface area contributed by atoms with Gasteiger partial charge < -0.3 is 14.2 Å². The van der Waals surface area contributed by atoms with Gasteiger partial charge in [-0.15, -0.1) is 0 Å². The van der Waals surface area contributed by atoms with Crippen LogP contribution in [0.15, 0.2) is 36.6 Å². The molecule has 0 unspecified atom stereocenters. The number of ether oxygens (including phenoxy) is 3. The third-order valence-electron chi connectivity index (χ3n) is 3.74. The fourth-order valence-corrected chi connectivity index (χ4v) is 2.42. The fourth-order valence-electron chi connectivity index (χ4n) is 2.42. The van der Waals surface area contributed by atoms with Crippen molar-refractivity contribution in [1.82, 2.24) is 9.78 Å². The number of aromatic nitrogens is 2. The molecule has 0 spiro atoms. The van der Waals surface area contributed by atoms with Gasteiger partial charge in [0.25, 0.3) is 0 Å². The normalized spacial score (nSPS) is 10.2. The summed E-state index contributed by atoms with van der Waals surface area (Å²) in [5.41, 5.74) is 2.68. The van der Waals surface area contributed by atoms with Crippen molar-refractivity contribution in [2.75, 3.05) is 13.7 Å². The van der Waals surface area contributed by atoms with Crippen molar-refractivity contribution in [2.45, 2.75) is 80.8 Å². The van der Waals surface area contributed by atoms with Crippen LogP contribution in [0.25, 0.3) is 5.69 Å². The molecule has 1 aromatic heterocycles. The van der Waals surface area contributed by atoms with Crippen LogP contribution in [-0.2, 0) is 4.74 Å². The van der Waals surface area contributed by atoms with Crippen LogP contribution in [0.3, 0.4) is 0 Å². The van der Waals surface area contributed by atoms with Gasteiger partial charge in [-0.2, -0.15) is 5.10 Å². The van der Waals surface area contributed by atoms with E-state index in [4.69, 9.17) is 14.2 Å². The van der Waals surface area contributed by atoms with Crippen LogP contribution in [-0.4, -0.2) is 29.1 Å². The molecule has 0 aliphatic rings. The number of hydrogen-bond donors (Lipinski definition) is 0. The van der Waals surface area contributed by atoms with E-state index in [1.807, 2.05) is 77.4 Å². The van der Waals surface area contributed by atoms with Gasteiger partial charge in [-0.25, -0.2) is 4.68 Å². The summed E-state index contributed by atoms with van der Waals surface area (Å²) in [4.78, 5) is 0. The first-order valence-corrected chi connectivity index (χ1v) is 10.8. The summed E-state index contributed by atoms with van der Waals surface area (Å²) >= 11 is 0. The first kappa shape index (κ1) is 27.6. The van der Waals surface area contributed by atoms with E-state index in [9.17, 15) is 0 Å². The number of unbranched alkanes of at least 4 members (excludes halogenated alkanes) is 1. The van der Waals surface area contributed by atoms with Gasteiger partial charge in [0.05, 0.1) is 18.5 Å². The Morgan fingerprint density at radius 3 is 2.07 bits per heavy atom. The number of benzene rings is 1. The third kappa shape index (κ3) is 9.86. The van der Waals surface area contributed by atoms with Gasteiger partial charge >= 0.3 is 0 Å². The van der Waals surface area contributed by atoms with E-state index in [1.54, 1.807) is 7.11 Å². The topological polar surface area (TPSA) is 45.5 Å². The molecule has 170 valence electrons. The molecule has 0 saturated carbocycles. The van der Waals surface area contributed by atoms with Crippen LogP contribution in [0.1, 0.15) is 72.7 Å². The van der Waals surface area contributed by atoms with Crippen molar-refractivity contribution in [2.24, 2.45) is 0 Å². The van der Waals surface area contributed by atoms with Gasteiger partial charge in [-0.05, 0) is 52.8 Å². The monoisotopic (exact) mass is 418 g/mol. The molecule has 0 saturated heterocycles. The number of aryl methyl sites for hydroxylation is 2. The molecule has 2 aromatic rings. The fraction of sp³-hybridized carbons (Fsp3) is 0.560. The summed E-state index contributed by atoms with van der Waals surface area (Å²) in [5, 5.41) is 4.49. The quantitative estimate of drug-likeness (QED) is 0.452. The molecule has 0 amide bonds. The number of rotatable bonds is 7. The van der Waals surface area contributed by atoms with E-state index >= 15 is 0 Å². The van der Waals surface area contributed by atoms with Gasteiger partial charge in [0.15, 0.2) is 11.5 Å². The maximum atomic E-state index is 5.78. The average Bonchev–Trinajstić information content (AvgIpc) is 3.04. The molecule has 0 N–H and O–H groups in total. The molecule has 2 rings (SSSR count). The number of nitrogens with zero attached hydrogens (tertiary/aromatic N) is 2. The van der Waals surface area contributed by atoms with Crippen LogP contribution in [0.5, 0.6) is 11.5 Å². The van der Waals surface area contributed by atoms with Gasteiger partial charge in [0, 0.05) is 11.8 Å². The summed E-state index contributed by atoms with van der Waals surface area (Å²) in [6.07, 6.45) is 2.64.